The standard InChI is InChI=1S/C8H13NO5/c1-4-13-7(11)9(6(3)10)8(12)14-5-2/h4-5H2,1-3H3. The Hall–Kier alpha value is -1.59. The number of hydrogen-bond acceptors (Lipinski definition) is 5. The van der Waals surface area contributed by atoms with Crippen molar-refractivity contribution in [2.24, 2.45) is 0 Å². The molecule has 0 bridgehead atoms. The van der Waals surface area contributed by atoms with Crippen LogP contribution in [0.4, 0.5) is 9.59 Å². The molecule has 0 saturated heterocycles. The summed E-state index contributed by atoms with van der Waals surface area (Å²) < 4.78 is 9.00. The molecule has 0 atom stereocenters. The van der Waals surface area contributed by atoms with Crippen LogP contribution in [0.5, 0.6) is 0 Å². The van der Waals surface area contributed by atoms with E-state index in [2.05, 4.69) is 9.47 Å². The molecule has 0 aromatic rings. The van der Waals surface area contributed by atoms with Crippen LogP contribution in [-0.2, 0) is 14.3 Å². The minimum absolute atomic E-state index is 0.0853. The number of amides is 3. The second-order valence-electron chi connectivity index (χ2n) is 2.25. The first-order valence-electron chi connectivity index (χ1n) is 4.18. The van der Waals surface area contributed by atoms with Crippen molar-refractivity contribution < 1.29 is 23.9 Å². The first-order valence-corrected chi connectivity index (χ1v) is 4.18. The lowest BCUT2D eigenvalue weighted by Gasteiger charge is -2.15. The lowest BCUT2D eigenvalue weighted by atomic mass is 10.6. The highest BCUT2D eigenvalue weighted by Gasteiger charge is 2.28. The van der Waals surface area contributed by atoms with E-state index in [1.54, 1.807) is 13.8 Å². The molecule has 0 aromatic heterocycles. The van der Waals surface area contributed by atoms with Crippen LogP contribution >= 0.6 is 0 Å². The average Bonchev–Trinajstić information content (AvgIpc) is 2.04. The maximum Gasteiger partial charge on any atom is 0.426 e. The van der Waals surface area contributed by atoms with Crippen molar-refractivity contribution in [3.05, 3.63) is 0 Å². The summed E-state index contributed by atoms with van der Waals surface area (Å²) in [7, 11) is 0. The summed E-state index contributed by atoms with van der Waals surface area (Å²) >= 11 is 0. The zero-order valence-corrected chi connectivity index (χ0v) is 8.40. The minimum atomic E-state index is -1.02. The molecule has 0 radical (unpaired) electrons. The molecule has 14 heavy (non-hydrogen) atoms. The van der Waals surface area contributed by atoms with E-state index < -0.39 is 18.1 Å². The van der Waals surface area contributed by atoms with Crippen LogP contribution in [0.3, 0.4) is 0 Å². The topological polar surface area (TPSA) is 72.9 Å². The Labute approximate surface area is 81.8 Å². The van der Waals surface area contributed by atoms with Gasteiger partial charge in [-0.2, -0.15) is 0 Å². The molecule has 0 spiro atoms. The van der Waals surface area contributed by atoms with Crippen molar-refractivity contribution in [2.75, 3.05) is 13.2 Å². The van der Waals surface area contributed by atoms with Gasteiger partial charge in [0.2, 0.25) is 5.91 Å². The molecule has 80 valence electrons. The number of nitrogens with zero attached hydrogens (tertiary/aromatic N) is 1. The van der Waals surface area contributed by atoms with Gasteiger partial charge in [0.15, 0.2) is 0 Å². The van der Waals surface area contributed by atoms with Gasteiger partial charge >= 0.3 is 12.2 Å². The maximum atomic E-state index is 11.1. The highest BCUT2D eigenvalue weighted by Crippen LogP contribution is 1.99. The summed E-state index contributed by atoms with van der Waals surface area (Å²) in [5, 5.41) is 0. The third-order valence-corrected chi connectivity index (χ3v) is 1.22. The van der Waals surface area contributed by atoms with Crippen LogP contribution in [-0.4, -0.2) is 36.2 Å². The first kappa shape index (κ1) is 12.4. The molecular formula is C8H13NO5. The van der Waals surface area contributed by atoms with Crippen LogP contribution < -0.4 is 0 Å². The van der Waals surface area contributed by atoms with Gasteiger partial charge in [-0.05, 0) is 13.8 Å². The third-order valence-electron chi connectivity index (χ3n) is 1.22. The molecule has 6 nitrogen and oxygen atoms in total. The largest absolute Gasteiger partial charge is 0.449 e. The van der Waals surface area contributed by atoms with Gasteiger partial charge in [0, 0.05) is 6.92 Å². The number of rotatable bonds is 2. The number of carbonyl (C=O) groups is 3. The van der Waals surface area contributed by atoms with E-state index in [9.17, 15) is 14.4 Å². The normalized spacial score (nSPS) is 9.07. The van der Waals surface area contributed by atoms with Gasteiger partial charge in [-0.15, -0.1) is 4.90 Å². The third kappa shape index (κ3) is 3.42. The van der Waals surface area contributed by atoms with E-state index in [0.29, 0.717) is 4.90 Å². The van der Waals surface area contributed by atoms with Crippen LogP contribution in [0, 0.1) is 0 Å². The number of ether oxygens (including phenoxy) is 2. The summed E-state index contributed by atoms with van der Waals surface area (Å²) in [6, 6.07) is 0. The Bertz CT molecular complexity index is 220. The van der Waals surface area contributed by atoms with Crippen molar-refractivity contribution in [1.82, 2.24) is 4.90 Å². The lowest BCUT2D eigenvalue weighted by molar-refractivity contribution is -0.125. The Morgan fingerprint density at radius 2 is 1.36 bits per heavy atom. The fourth-order valence-electron chi connectivity index (χ4n) is 0.708. The van der Waals surface area contributed by atoms with E-state index in [1.807, 2.05) is 0 Å². The molecule has 0 N–H and O–H groups in total. The molecule has 0 saturated carbocycles. The quantitative estimate of drug-likeness (QED) is 0.673. The fraction of sp³-hybridized carbons (Fsp3) is 0.625. The van der Waals surface area contributed by atoms with Gasteiger partial charge in [-0.3, -0.25) is 4.79 Å². The van der Waals surface area contributed by atoms with Gasteiger partial charge in [0.05, 0.1) is 13.2 Å². The predicted molar refractivity (Wildman–Crippen MR) is 46.6 cm³/mol. The van der Waals surface area contributed by atoms with Crippen LogP contribution in [0.1, 0.15) is 20.8 Å². The molecule has 0 aromatic carbocycles. The van der Waals surface area contributed by atoms with Crippen molar-refractivity contribution in [2.45, 2.75) is 20.8 Å². The highest BCUT2D eigenvalue weighted by atomic mass is 16.6. The summed E-state index contributed by atoms with van der Waals surface area (Å²) in [5.41, 5.74) is 0. The van der Waals surface area contributed by atoms with Crippen LogP contribution in [0.25, 0.3) is 0 Å². The first-order chi connectivity index (χ1) is 6.54. The number of hydrogen-bond donors (Lipinski definition) is 0. The maximum absolute atomic E-state index is 11.1. The lowest BCUT2D eigenvalue weighted by Crippen LogP contribution is -2.41. The molecule has 0 aliphatic rings. The highest BCUT2D eigenvalue weighted by molar-refractivity contribution is 6.05. The summed E-state index contributed by atoms with van der Waals surface area (Å²) in [4.78, 5) is 33.4. The van der Waals surface area contributed by atoms with Gasteiger partial charge in [-0.25, -0.2) is 9.59 Å². The van der Waals surface area contributed by atoms with Gasteiger partial charge in [-0.1, -0.05) is 0 Å². The molecule has 0 aliphatic heterocycles. The Kier molecular flexibility index (Phi) is 5.28. The monoisotopic (exact) mass is 203 g/mol. The predicted octanol–water partition coefficient (Wildman–Crippen LogP) is 1.15. The SMILES string of the molecule is CCOC(=O)N(C(C)=O)C(=O)OCC. The van der Waals surface area contributed by atoms with Crippen molar-refractivity contribution in [3.63, 3.8) is 0 Å². The van der Waals surface area contributed by atoms with Gasteiger partial charge < -0.3 is 9.47 Å². The summed E-state index contributed by atoms with van der Waals surface area (Å²) in [5.74, 6) is -0.734. The molecular weight excluding hydrogens is 190 g/mol. The number of imide groups is 3. The molecule has 0 unspecified atom stereocenters. The van der Waals surface area contributed by atoms with E-state index >= 15 is 0 Å². The Morgan fingerprint density at radius 3 is 1.57 bits per heavy atom. The van der Waals surface area contributed by atoms with Gasteiger partial charge in [0.25, 0.3) is 0 Å². The van der Waals surface area contributed by atoms with E-state index in [1.165, 1.54) is 0 Å². The molecule has 0 fully saturated rings. The molecule has 0 heterocycles. The smallest absolute Gasteiger partial charge is 0.426 e. The van der Waals surface area contributed by atoms with E-state index in [4.69, 9.17) is 0 Å². The second-order valence-corrected chi connectivity index (χ2v) is 2.25. The van der Waals surface area contributed by atoms with Crippen molar-refractivity contribution >= 4 is 18.1 Å². The Morgan fingerprint density at radius 1 is 1.00 bits per heavy atom. The molecule has 0 aliphatic carbocycles. The fourth-order valence-corrected chi connectivity index (χ4v) is 0.708. The molecule has 6 heteroatoms. The van der Waals surface area contributed by atoms with E-state index in [0.717, 1.165) is 6.92 Å². The van der Waals surface area contributed by atoms with Gasteiger partial charge in [0.1, 0.15) is 0 Å². The van der Waals surface area contributed by atoms with Crippen molar-refractivity contribution in [3.8, 4) is 0 Å². The number of carbonyl (C=O) groups excluding carboxylic acids is 3. The van der Waals surface area contributed by atoms with E-state index in [-0.39, 0.29) is 13.2 Å². The molecule has 3 amide bonds. The van der Waals surface area contributed by atoms with Crippen LogP contribution in [0.15, 0.2) is 0 Å². The summed E-state index contributed by atoms with van der Waals surface area (Å²) in [6.45, 7) is 4.39. The second kappa shape index (κ2) is 5.95. The summed E-state index contributed by atoms with van der Waals surface area (Å²) in [6.07, 6.45) is -2.03. The Balaban J connectivity index is 4.51. The van der Waals surface area contributed by atoms with Crippen LogP contribution in [0.2, 0.25) is 0 Å². The minimum Gasteiger partial charge on any atom is -0.449 e. The zero-order chi connectivity index (χ0) is 11.1. The van der Waals surface area contributed by atoms with Crippen molar-refractivity contribution in [1.29, 1.82) is 0 Å². The average molecular weight is 203 g/mol. The molecule has 0 rings (SSSR count). The zero-order valence-electron chi connectivity index (χ0n) is 8.40.